The first-order valence-corrected chi connectivity index (χ1v) is 6.13. The molecule has 1 aromatic rings. The molecular formula is C14H22N2O2. The number of rotatable bonds is 5. The fraction of sp³-hybridized carbons (Fsp3) is 0.500. The van der Waals surface area contributed by atoms with Gasteiger partial charge in [-0.15, -0.1) is 0 Å². The highest BCUT2D eigenvalue weighted by atomic mass is 16.5. The third-order valence-electron chi connectivity index (χ3n) is 3.17. The highest BCUT2D eigenvalue weighted by Gasteiger charge is 2.11. The Balaban J connectivity index is 2.80. The number of benzene rings is 1. The van der Waals surface area contributed by atoms with Gasteiger partial charge in [0.15, 0.2) is 0 Å². The number of nitrogens with two attached hydrogens (primary N) is 1. The summed E-state index contributed by atoms with van der Waals surface area (Å²) in [5, 5.41) is 2.92. The Hall–Kier alpha value is -1.55. The molecule has 100 valence electrons. The summed E-state index contributed by atoms with van der Waals surface area (Å²) in [6, 6.07) is 3.73. The van der Waals surface area contributed by atoms with Gasteiger partial charge in [-0.1, -0.05) is 6.92 Å². The van der Waals surface area contributed by atoms with Crippen LogP contribution in [0.15, 0.2) is 12.1 Å². The Bertz CT molecular complexity index is 430. The minimum Gasteiger partial charge on any atom is -0.496 e. The van der Waals surface area contributed by atoms with E-state index in [1.807, 2.05) is 32.9 Å². The molecule has 0 aromatic heterocycles. The largest absolute Gasteiger partial charge is 0.496 e. The van der Waals surface area contributed by atoms with Gasteiger partial charge in [-0.2, -0.15) is 0 Å². The van der Waals surface area contributed by atoms with Crippen LogP contribution in [0.5, 0.6) is 5.75 Å². The molecule has 0 heterocycles. The maximum absolute atomic E-state index is 11.8. The number of ether oxygens (including phenoxy) is 1. The predicted molar refractivity (Wildman–Crippen MR) is 73.9 cm³/mol. The molecule has 1 aromatic carbocycles. The second-order valence-corrected chi connectivity index (χ2v) is 4.66. The minimum atomic E-state index is 0.000571. The average Bonchev–Trinajstić information content (AvgIpc) is 2.35. The Morgan fingerprint density at radius 1 is 1.39 bits per heavy atom. The van der Waals surface area contributed by atoms with Gasteiger partial charge >= 0.3 is 0 Å². The quantitative estimate of drug-likeness (QED) is 0.842. The van der Waals surface area contributed by atoms with Crippen LogP contribution in [-0.4, -0.2) is 19.6 Å². The zero-order valence-corrected chi connectivity index (χ0v) is 11.5. The van der Waals surface area contributed by atoms with E-state index in [4.69, 9.17) is 10.5 Å². The van der Waals surface area contributed by atoms with Crippen molar-refractivity contribution in [3.05, 3.63) is 23.3 Å². The third-order valence-corrected chi connectivity index (χ3v) is 3.17. The van der Waals surface area contributed by atoms with Gasteiger partial charge in [0.2, 0.25) is 5.91 Å². The van der Waals surface area contributed by atoms with Crippen molar-refractivity contribution in [2.75, 3.05) is 19.0 Å². The maximum Gasteiger partial charge on any atom is 0.224 e. The standard InChI is InChI=1S/C14H22N2O2/c1-9(8-15)7-14(17)16-12-5-6-13(18-4)11(3)10(12)2/h5-6,9H,7-8,15H2,1-4H3,(H,16,17). The van der Waals surface area contributed by atoms with Crippen LogP contribution in [0.3, 0.4) is 0 Å². The van der Waals surface area contributed by atoms with Gasteiger partial charge in [-0.05, 0) is 49.6 Å². The first-order valence-electron chi connectivity index (χ1n) is 6.13. The van der Waals surface area contributed by atoms with E-state index in [1.165, 1.54) is 0 Å². The zero-order valence-electron chi connectivity index (χ0n) is 11.5. The number of anilines is 1. The van der Waals surface area contributed by atoms with Crippen LogP contribution in [-0.2, 0) is 4.79 Å². The number of hydrogen-bond donors (Lipinski definition) is 2. The van der Waals surface area contributed by atoms with Crippen molar-refractivity contribution in [1.29, 1.82) is 0 Å². The highest BCUT2D eigenvalue weighted by Crippen LogP contribution is 2.27. The summed E-state index contributed by atoms with van der Waals surface area (Å²) in [7, 11) is 1.64. The summed E-state index contributed by atoms with van der Waals surface area (Å²) in [5.41, 5.74) is 8.42. The molecule has 1 rings (SSSR count). The van der Waals surface area contributed by atoms with Crippen LogP contribution in [0.2, 0.25) is 0 Å². The fourth-order valence-electron chi connectivity index (χ4n) is 1.75. The summed E-state index contributed by atoms with van der Waals surface area (Å²) in [5.74, 6) is 1.03. The summed E-state index contributed by atoms with van der Waals surface area (Å²) in [6.07, 6.45) is 0.445. The lowest BCUT2D eigenvalue weighted by molar-refractivity contribution is -0.116. The van der Waals surface area contributed by atoms with Crippen molar-refractivity contribution >= 4 is 11.6 Å². The molecule has 0 aliphatic heterocycles. The molecule has 1 atom stereocenters. The van der Waals surface area contributed by atoms with Crippen molar-refractivity contribution in [3.8, 4) is 5.75 Å². The van der Waals surface area contributed by atoms with E-state index < -0.39 is 0 Å². The van der Waals surface area contributed by atoms with E-state index in [1.54, 1.807) is 7.11 Å². The SMILES string of the molecule is COc1ccc(NC(=O)CC(C)CN)c(C)c1C. The first-order chi connectivity index (χ1) is 8.49. The van der Waals surface area contributed by atoms with Crippen LogP contribution in [0, 0.1) is 19.8 Å². The van der Waals surface area contributed by atoms with Gasteiger partial charge in [-0.3, -0.25) is 4.79 Å². The number of carbonyl (C=O) groups excluding carboxylic acids is 1. The van der Waals surface area contributed by atoms with Gasteiger partial charge < -0.3 is 15.8 Å². The van der Waals surface area contributed by atoms with Crippen molar-refractivity contribution < 1.29 is 9.53 Å². The monoisotopic (exact) mass is 250 g/mol. The van der Waals surface area contributed by atoms with Crippen molar-refractivity contribution in [3.63, 3.8) is 0 Å². The second kappa shape index (κ2) is 6.40. The van der Waals surface area contributed by atoms with E-state index in [0.717, 1.165) is 22.6 Å². The number of carbonyl (C=O) groups is 1. The average molecular weight is 250 g/mol. The predicted octanol–water partition coefficient (Wildman–Crippen LogP) is 2.24. The number of hydrogen-bond acceptors (Lipinski definition) is 3. The first kappa shape index (κ1) is 14.5. The molecule has 0 radical (unpaired) electrons. The van der Waals surface area contributed by atoms with Crippen molar-refractivity contribution in [2.45, 2.75) is 27.2 Å². The third kappa shape index (κ3) is 3.47. The maximum atomic E-state index is 11.8. The normalized spacial score (nSPS) is 12.1. The van der Waals surface area contributed by atoms with Crippen LogP contribution < -0.4 is 15.8 Å². The smallest absolute Gasteiger partial charge is 0.224 e. The molecule has 1 unspecified atom stereocenters. The summed E-state index contributed by atoms with van der Waals surface area (Å²) in [4.78, 5) is 11.8. The minimum absolute atomic E-state index is 0.000571. The Labute approximate surface area is 109 Å². The van der Waals surface area contributed by atoms with Crippen LogP contribution in [0.4, 0.5) is 5.69 Å². The molecule has 0 saturated heterocycles. The fourth-order valence-corrected chi connectivity index (χ4v) is 1.75. The highest BCUT2D eigenvalue weighted by molar-refractivity contribution is 5.92. The van der Waals surface area contributed by atoms with E-state index >= 15 is 0 Å². The van der Waals surface area contributed by atoms with Crippen LogP contribution >= 0.6 is 0 Å². The molecule has 4 heteroatoms. The van der Waals surface area contributed by atoms with Gasteiger partial charge in [0.25, 0.3) is 0 Å². The molecule has 18 heavy (non-hydrogen) atoms. The van der Waals surface area contributed by atoms with E-state index in [2.05, 4.69) is 5.32 Å². The molecule has 3 N–H and O–H groups in total. The van der Waals surface area contributed by atoms with Crippen LogP contribution in [0.25, 0.3) is 0 Å². The molecule has 0 spiro atoms. The molecule has 0 fully saturated rings. The molecule has 0 aliphatic rings. The summed E-state index contributed by atoms with van der Waals surface area (Å²) >= 11 is 0. The lowest BCUT2D eigenvalue weighted by Crippen LogP contribution is -2.20. The van der Waals surface area contributed by atoms with Crippen molar-refractivity contribution in [1.82, 2.24) is 0 Å². The lowest BCUT2D eigenvalue weighted by atomic mass is 10.1. The zero-order chi connectivity index (χ0) is 13.7. The molecule has 0 bridgehead atoms. The van der Waals surface area contributed by atoms with Crippen molar-refractivity contribution in [2.24, 2.45) is 11.7 Å². The summed E-state index contributed by atoms with van der Waals surface area (Å²) in [6.45, 7) is 6.44. The Morgan fingerprint density at radius 2 is 2.06 bits per heavy atom. The number of amides is 1. The molecule has 0 saturated carbocycles. The van der Waals surface area contributed by atoms with Gasteiger partial charge in [0.1, 0.15) is 5.75 Å². The molecular weight excluding hydrogens is 228 g/mol. The Kier molecular flexibility index (Phi) is 5.16. The van der Waals surface area contributed by atoms with Crippen LogP contribution in [0.1, 0.15) is 24.5 Å². The van der Waals surface area contributed by atoms with Gasteiger partial charge in [0.05, 0.1) is 7.11 Å². The second-order valence-electron chi connectivity index (χ2n) is 4.66. The van der Waals surface area contributed by atoms with Gasteiger partial charge in [-0.25, -0.2) is 0 Å². The van der Waals surface area contributed by atoms with E-state index in [9.17, 15) is 4.79 Å². The Morgan fingerprint density at radius 3 is 2.61 bits per heavy atom. The lowest BCUT2D eigenvalue weighted by Gasteiger charge is -2.14. The van der Waals surface area contributed by atoms with E-state index in [-0.39, 0.29) is 11.8 Å². The molecule has 4 nitrogen and oxygen atoms in total. The molecule has 0 aliphatic carbocycles. The number of nitrogens with one attached hydrogen (secondary N) is 1. The summed E-state index contributed by atoms with van der Waals surface area (Å²) < 4.78 is 5.24. The van der Waals surface area contributed by atoms with E-state index in [0.29, 0.717) is 13.0 Å². The topological polar surface area (TPSA) is 64.3 Å². The van der Waals surface area contributed by atoms with Gasteiger partial charge in [0, 0.05) is 12.1 Å². The molecule has 1 amide bonds. The number of methoxy groups -OCH3 is 1.